The van der Waals surface area contributed by atoms with Gasteiger partial charge in [-0.05, 0) is 24.5 Å². The number of carboxylic acid groups (broad SMARTS) is 1. The Kier molecular flexibility index (Phi) is 6.44. The molecular weight excluding hydrogens is 370 g/mol. The second kappa shape index (κ2) is 9.01. The zero-order valence-electron chi connectivity index (χ0n) is 16.3. The van der Waals surface area contributed by atoms with Crippen LogP contribution in [0.5, 0.6) is 0 Å². The fourth-order valence-electron chi connectivity index (χ4n) is 4.22. The van der Waals surface area contributed by atoms with E-state index in [1.807, 2.05) is 60.7 Å². The maximum Gasteiger partial charge on any atom is 0.332 e. The normalized spacial score (nSPS) is 22.5. The van der Waals surface area contributed by atoms with Gasteiger partial charge in [0.05, 0.1) is 5.92 Å². The van der Waals surface area contributed by atoms with Gasteiger partial charge in [0.25, 0.3) is 0 Å². The highest BCUT2D eigenvalue weighted by molar-refractivity contribution is 5.89. The Morgan fingerprint density at radius 2 is 1.55 bits per heavy atom. The van der Waals surface area contributed by atoms with Crippen molar-refractivity contribution in [3.63, 3.8) is 0 Å². The first kappa shape index (κ1) is 20.7. The Morgan fingerprint density at radius 1 is 1.00 bits per heavy atom. The van der Waals surface area contributed by atoms with E-state index in [2.05, 4.69) is 0 Å². The first-order valence-electron chi connectivity index (χ1n) is 9.67. The van der Waals surface area contributed by atoms with E-state index in [1.54, 1.807) is 4.90 Å². The summed E-state index contributed by atoms with van der Waals surface area (Å²) < 4.78 is 0. The summed E-state index contributed by atoms with van der Waals surface area (Å²) in [5.74, 6) is -3.58. The molecule has 6 nitrogen and oxygen atoms in total. The van der Waals surface area contributed by atoms with Crippen LogP contribution in [0.25, 0.3) is 0 Å². The number of hydrogen-bond donors (Lipinski definition) is 2. The van der Waals surface area contributed by atoms with Gasteiger partial charge in [0.15, 0.2) is 6.10 Å². The minimum Gasteiger partial charge on any atom is -0.479 e. The molecule has 0 saturated carbocycles. The molecule has 152 valence electrons. The van der Waals surface area contributed by atoms with Gasteiger partial charge in [0, 0.05) is 24.9 Å². The van der Waals surface area contributed by atoms with Crippen LogP contribution in [-0.4, -0.2) is 44.9 Å². The average molecular weight is 395 g/mol. The van der Waals surface area contributed by atoms with E-state index in [1.165, 1.54) is 6.92 Å². The molecule has 1 amide bonds. The number of aliphatic carboxylic acids is 1. The minimum absolute atomic E-state index is 0.0789. The fourth-order valence-corrected chi connectivity index (χ4v) is 4.22. The van der Waals surface area contributed by atoms with Crippen molar-refractivity contribution in [3.8, 4) is 0 Å². The third-order valence-corrected chi connectivity index (χ3v) is 5.52. The number of aliphatic hydroxyl groups is 1. The number of carbonyl (C=O) groups excluding carboxylic acids is 2. The number of ketones is 1. The number of carbonyl (C=O) groups is 3. The molecule has 1 aliphatic heterocycles. The van der Waals surface area contributed by atoms with Crippen molar-refractivity contribution in [2.24, 2.45) is 11.8 Å². The van der Waals surface area contributed by atoms with Crippen LogP contribution in [0.3, 0.4) is 0 Å². The SMILES string of the molecule is CC(=O)C[C@H]1C(=O)N(Cc2ccccc2)[C@@H](Cc2ccccc2)[C@@H]1C(O)C(=O)O. The second-order valence-electron chi connectivity index (χ2n) is 7.58. The Hall–Kier alpha value is -2.99. The summed E-state index contributed by atoms with van der Waals surface area (Å²) in [6, 6.07) is 18.4. The third kappa shape index (κ3) is 4.71. The molecular formula is C23H25NO5. The van der Waals surface area contributed by atoms with Crippen molar-refractivity contribution in [2.75, 3.05) is 0 Å². The Labute approximate surface area is 169 Å². The second-order valence-corrected chi connectivity index (χ2v) is 7.58. The minimum atomic E-state index is -1.72. The molecule has 1 unspecified atom stereocenters. The third-order valence-electron chi connectivity index (χ3n) is 5.52. The molecule has 6 heteroatoms. The summed E-state index contributed by atoms with van der Waals surface area (Å²) in [5.41, 5.74) is 1.85. The number of carboxylic acids is 1. The Balaban J connectivity index is 2.01. The summed E-state index contributed by atoms with van der Waals surface area (Å²) >= 11 is 0. The van der Waals surface area contributed by atoms with Gasteiger partial charge in [-0.25, -0.2) is 4.79 Å². The van der Waals surface area contributed by atoms with Crippen LogP contribution in [0.1, 0.15) is 24.5 Å². The summed E-state index contributed by atoms with van der Waals surface area (Å²) in [5, 5.41) is 19.9. The van der Waals surface area contributed by atoms with E-state index in [9.17, 15) is 24.6 Å². The van der Waals surface area contributed by atoms with Gasteiger partial charge in [-0.1, -0.05) is 60.7 Å². The van der Waals surface area contributed by atoms with Gasteiger partial charge in [-0.3, -0.25) is 4.79 Å². The molecule has 2 aromatic rings. The summed E-state index contributed by atoms with van der Waals surface area (Å²) in [6.07, 6.45) is -1.40. The molecule has 3 rings (SSSR count). The molecule has 1 fully saturated rings. The lowest BCUT2D eigenvalue weighted by Crippen LogP contribution is -2.43. The molecule has 0 bridgehead atoms. The van der Waals surface area contributed by atoms with E-state index in [-0.39, 0.29) is 18.1 Å². The molecule has 0 aromatic heterocycles. The highest BCUT2D eigenvalue weighted by atomic mass is 16.4. The van der Waals surface area contributed by atoms with Gasteiger partial charge < -0.3 is 19.9 Å². The van der Waals surface area contributed by atoms with Gasteiger partial charge in [0.2, 0.25) is 5.91 Å². The van der Waals surface area contributed by atoms with Gasteiger partial charge in [-0.15, -0.1) is 0 Å². The van der Waals surface area contributed by atoms with Crippen LogP contribution in [0.4, 0.5) is 0 Å². The van der Waals surface area contributed by atoms with Crippen molar-refractivity contribution in [1.29, 1.82) is 0 Å². The maximum atomic E-state index is 13.3. The fraction of sp³-hybridized carbons (Fsp3) is 0.348. The van der Waals surface area contributed by atoms with Crippen molar-refractivity contribution in [2.45, 2.75) is 38.5 Å². The smallest absolute Gasteiger partial charge is 0.332 e. The lowest BCUT2D eigenvalue weighted by atomic mass is 9.80. The average Bonchev–Trinajstić information content (AvgIpc) is 2.94. The van der Waals surface area contributed by atoms with Crippen molar-refractivity contribution < 1.29 is 24.6 Å². The van der Waals surface area contributed by atoms with Crippen LogP contribution in [0, 0.1) is 11.8 Å². The Morgan fingerprint density at radius 3 is 2.07 bits per heavy atom. The van der Waals surface area contributed by atoms with Crippen LogP contribution < -0.4 is 0 Å². The Bertz CT molecular complexity index is 867. The van der Waals surface area contributed by atoms with Crippen molar-refractivity contribution >= 4 is 17.7 Å². The summed E-state index contributed by atoms with van der Waals surface area (Å²) in [7, 11) is 0. The predicted molar refractivity (Wildman–Crippen MR) is 107 cm³/mol. The topological polar surface area (TPSA) is 94.9 Å². The standard InChI is InChI=1S/C23H25NO5/c1-15(25)12-18-20(21(26)23(28)29)19(13-16-8-4-2-5-9-16)24(22(18)27)14-17-10-6-3-7-11-17/h2-11,18-21,26H,12-14H2,1H3,(H,28,29)/t18-,19+,20-,21?/m1/s1. The van der Waals surface area contributed by atoms with Gasteiger partial charge in [-0.2, -0.15) is 0 Å². The quantitative estimate of drug-likeness (QED) is 0.715. The van der Waals surface area contributed by atoms with E-state index >= 15 is 0 Å². The number of Topliss-reactive ketones (excluding diaryl/α,β-unsaturated/α-hetero) is 1. The number of aliphatic hydroxyl groups excluding tert-OH is 1. The van der Waals surface area contributed by atoms with Crippen LogP contribution in [0.2, 0.25) is 0 Å². The molecule has 0 radical (unpaired) electrons. The lowest BCUT2D eigenvalue weighted by Gasteiger charge is -2.30. The van der Waals surface area contributed by atoms with Crippen LogP contribution in [-0.2, 0) is 27.3 Å². The van der Waals surface area contributed by atoms with E-state index < -0.39 is 30.0 Å². The number of benzene rings is 2. The molecule has 29 heavy (non-hydrogen) atoms. The molecule has 0 aliphatic carbocycles. The largest absolute Gasteiger partial charge is 0.479 e. The predicted octanol–water partition coefficient (Wildman–Crippen LogP) is 2.30. The first-order valence-corrected chi connectivity index (χ1v) is 9.67. The van der Waals surface area contributed by atoms with E-state index in [0.29, 0.717) is 13.0 Å². The molecule has 2 N–H and O–H groups in total. The summed E-state index contributed by atoms with van der Waals surface area (Å²) in [6.45, 7) is 1.68. The van der Waals surface area contributed by atoms with E-state index in [0.717, 1.165) is 11.1 Å². The summed E-state index contributed by atoms with van der Waals surface area (Å²) in [4.78, 5) is 38.3. The monoisotopic (exact) mass is 395 g/mol. The maximum absolute atomic E-state index is 13.3. The molecule has 0 spiro atoms. The zero-order valence-corrected chi connectivity index (χ0v) is 16.3. The van der Waals surface area contributed by atoms with E-state index in [4.69, 9.17) is 0 Å². The lowest BCUT2D eigenvalue weighted by molar-refractivity contribution is -0.151. The molecule has 4 atom stereocenters. The van der Waals surface area contributed by atoms with Gasteiger partial charge in [0.1, 0.15) is 5.78 Å². The number of nitrogens with zero attached hydrogens (tertiary/aromatic N) is 1. The van der Waals surface area contributed by atoms with Gasteiger partial charge >= 0.3 is 5.97 Å². The number of amides is 1. The molecule has 1 heterocycles. The number of rotatable bonds is 8. The number of hydrogen-bond acceptors (Lipinski definition) is 4. The zero-order chi connectivity index (χ0) is 21.0. The highest BCUT2D eigenvalue weighted by Gasteiger charge is 2.52. The highest BCUT2D eigenvalue weighted by Crippen LogP contribution is 2.39. The molecule has 2 aromatic carbocycles. The number of likely N-dealkylation sites (tertiary alicyclic amines) is 1. The van der Waals surface area contributed by atoms with Crippen molar-refractivity contribution in [3.05, 3.63) is 71.8 Å². The molecule has 1 saturated heterocycles. The molecule has 1 aliphatic rings. The van der Waals surface area contributed by atoms with Crippen LogP contribution in [0.15, 0.2) is 60.7 Å². The first-order chi connectivity index (χ1) is 13.9. The van der Waals surface area contributed by atoms with Crippen molar-refractivity contribution in [1.82, 2.24) is 4.90 Å². The van der Waals surface area contributed by atoms with Crippen LogP contribution >= 0.6 is 0 Å².